The zero-order valence-electron chi connectivity index (χ0n) is 11.2. The monoisotopic (exact) mass is 297 g/mol. The molecule has 2 aromatic heterocycles. The SMILES string of the molecule is CS(=O)(=O)[N]CCN(Cc1ccco1)Cc1ccco1. The maximum absolute atomic E-state index is 11.0. The van der Waals surface area contributed by atoms with Crippen LogP contribution in [-0.2, 0) is 23.1 Å². The molecule has 1 radical (unpaired) electrons. The highest BCUT2D eigenvalue weighted by molar-refractivity contribution is 7.88. The summed E-state index contributed by atoms with van der Waals surface area (Å²) in [5, 5.41) is 0. The Balaban J connectivity index is 1.92. The Bertz CT molecular complexity index is 554. The number of rotatable bonds is 8. The van der Waals surface area contributed by atoms with Gasteiger partial charge in [0, 0.05) is 13.1 Å². The highest BCUT2D eigenvalue weighted by atomic mass is 32.2. The molecular formula is C13H17N2O4S. The van der Waals surface area contributed by atoms with Gasteiger partial charge in [0.15, 0.2) is 0 Å². The molecule has 0 aromatic carbocycles. The van der Waals surface area contributed by atoms with Gasteiger partial charge in [-0.2, -0.15) is 0 Å². The number of hydrogen-bond acceptors (Lipinski definition) is 5. The lowest BCUT2D eigenvalue weighted by molar-refractivity contribution is 0.221. The van der Waals surface area contributed by atoms with Crippen molar-refractivity contribution in [3.63, 3.8) is 0 Å². The second-order valence-electron chi connectivity index (χ2n) is 4.46. The van der Waals surface area contributed by atoms with Crippen molar-refractivity contribution in [2.24, 2.45) is 0 Å². The molecule has 0 aliphatic carbocycles. The summed E-state index contributed by atoms with van der Waals surface area (Å²) in [5.41, 5.74) is 0. The van der Waals surface area contributed by atoms with Crippen molar-refractivity contribution in [3.8, 4) is 0 Å². The van der Waals surface area contributed by atoms with Gasteiger partial charge in [-0.25, -0.2) is 8.42 Å². The summed E-state index contributed by atoms with van der Waals surface area (Å²) < 4.78 is 36.3. The third-order valence-electron chi connectivity index (χ3n) is 2.66. The molecule has 7 heteroatoms. The summed E-state index contributed by atoms with van der Waals surface area (Å²) in [4.78, 5) is 2.02. The molecule has 0 fully saturated rings. The van der Waals surface area contributed by atoms with Gasteiger partial charge >= 0.3 is 0 Å². The number of hydrogen-bond donors (Lipinski definition) is 0. The van der Waals surface area contributed by atoms with E-state index < -0.39 is 10.0 Å². The van der Waals surface area contributed by atoms with Gasteiger partial charge in [0.2, 0.25) is 10.0 Å². The van der Waals surface area contributed by atoms with Gasteiger partial charge in [-0.05, 0) is 24.3 Å². The molecule has 0 saturated heterocycles. The second-order valence-corrected chi connectivity index (χ2v) is 6.18. The first kappa shape index (κ1) is 14.8. The Morgan fingerprint density at radius 1 is 1.10 bits per heavy atom. The first-order chi connectivity index (χ1) is 9.53. The Kier molecular flexibility index (Phi) is 4.99. The molecule has 2 aromatic rings. The Morgan fingerprint density at radius 3 is 2.05 bits per heavy atom. The lowest BCUT2D eigenvalue weighted by Gasteiger charge is -2.19. The molecule has 2 rings (SSSR count). The fraction of sp³-hybridized carbons (Fsp3) is 0.385. The quantitative estimate of drug-likeness (QED) is 0.736. The topological polar surface area (TPSA) is 77.8 Å². The highest BCUT2D eigenvalue weighted by Gasteiger charge is 2.12. The average Bonchev–Trinajstić information content (AvgIpc) is 3.00. The van der Waals surface area contributed by atoms with Crippen LogP contribution in [0.1, 0.15) is 11.5 Å². The summed E-state index contributed by atoms with van der Waals surface area (Å²) in [6.45, 7) is 1.88. The first-order valence-electron chi connectivity index (χ1n) is 6.19. The minimum Gasteiger partial charge on any atom is -0.468 e. The van der Waals surface area contributed by atoms with Crippen LogP contribution >= 0.6 is 0 Å². The standard InChI is InChI=1S/C13H17N2O4S/c1-20(16,17)14-6-7-15(10-12-4-2-8-18-12)11-13-5-3-9-19-13/h2-5,8-9H,6-7,10-11H2,1H3. The molecular weight excluding hydrogens is 280 g/mol. The molecule has 6 nitrogen and oxygen atoms in total. The zero-order chi connectivity index (χ0) is 14.4. The molecule has 109 valence electrons. The predicted octanol–water partition coefficient (Wildman–Crippen LogP) is 1.44. The van der Waals surface area contributed by atoms with Crippen LogP contribution < -0.4 is 4.72 Å². The van der Waals surface area contributed by atoms with E-state index in [9.17, 15) is 8.42 Å². The molecule has 0 N–H and O–H groups in total. The summed E-state index contributed by atoms with van der Waals surface area (Å²) >= 11 is 0. The lowest BCUT2D eigenvalue weighted by atomic mass is 10.3. The van der Waals surface area contributed by atoms with Crippen molar-refractivity contribution >= 4 is 10.0 Å². The Hall–Kier alpha value is -1.57. The second kappa shape index (κ2) is 6.74. The maximum Gasteiger partial charge on any atom is 0.225 e. The normalized spacial score (nSPS) is 12.1. The number of furan rings is 2. The summed E-state index contributed by atoms with van der Waals surface area (Å²) in [6.07, 6.45) is 4.32. The molecule has 0 aliphatic rings. The van der Waals surface area contributed by atoms with E-state index in [1.165, 1.54) is 0 Å². The van der Waals surface area contributed by atoms with E-state index in [0.717, 1.165) is 17.8 Å². The van der Waals surface area contributed by atoms with Crippen LogP contribution in [0.25, 0.3) is 0 Å². The van der Waals surface area contributed by atoms with E-state index in [-0.39, 0.29) is 6.54 Å². The molecule has 0 unspecified atom stereocenters. The fourth-order valence-corrected chi connectivity index (χ4v) is 2.22. The third kappa shape index (κ3) is 5.20. The van der Waals surface area contributed by atoms with Gasteiger partial charge in [0.05, 0.1) is 31.9 Å². The molecule has 0 saturated carbocycles. The van der Waals surface area contributed by atoms with Gasteiger partial charge in [0.1, 0.15) is 11.5 Å². The molecule has 0 aliphatic heterocycles. The van der Waals surface area contributed by atoms with Crippen LogP contribution in [0.15, 0.2) is 45.6 Å². The molecule has 0 atom stereocenters. The van der Waals surface area contributed by atoms with Crippen molar-refractivity contribution in [2.75, 3.05) is 19.3 Å². The number of sulfonamides is 1. The summed E-state index contributed by atoms with van der Waals surface area (Å²) in [6, 6.07) is 7.40. The van der Waals surface area contributed by atoms with Crippen molar-refractivity contribution < 1.29 is 17.3 Å². The van der Waals surface area contributed by atoms with E-state index in [1.54, 1.807) is 12.5 Å². The highest BCUT2D eigenvalue weighted by Crippen LogP contribution is 2.10. The smallest absolute Gasteiger partial charge is 0.225 e. The summed E-state index contributed by atoms with van der Waals surface area (Å²) in [7, 11) is -3.29. The van der Waals surface area contributed by atoms with Crippen LogP contribution in [0.3, 0.4) is 0 Å². The van der Waals surface area contributed by atoms with E-state index in [1.807, 2.05) is 29.2 Å². The van der Waals surface area contributed by atoms with Crippen LogP contribution in [-0.4, -0.2) is 32.7 Å². The van der Waals surface area contributed by atoms with Crippen molar-refractivity contribution in [2.45, 2.75) is 13.1 Å². The van der Waals surface area contributed by atoms with Crippen LogP contribution in [0.5, 0.6) is 0 Å². The van der Waals surface area contributed by atoms with Crippen molar-refractivity contribution in [1.29, 1.82) is 0 Å². The maximum atomic E-state index is 11.0. The molecule has 20 heavy (non-hydrogen) atoms. The van der Waals surface area contributed by atoms with Crippen LogP contribution in [0, 0.1) is 0 Å². The lowest BCUT2D eigenvalue weighted by Crippen LogP contribution is -2.30. The molecule has 0 bridgehead atoms. The van der Waals surface area contributed by atoms with Gasteiger partial charge in [-0.15, -0.1) is 4.72 Å². The minimum absolute atomic E-state index is 0.222. The van der Waals surface area contributed by atoms with Gasteiger partial charge in [0.25, 0.3) is 0 Å². The van der Waals surface area contributed by atoms with Crippen molar-refractivity contribution in [3.05, 3.63) is 48.3 Å². The van der Waals surface area contributed by atoms with Crippen LogP contribution in [0.2, 0.25) is 0 Å². The largest absolute Gasteiger partial charge is 0.468 e. The van der Waals surface area contributed by atoms with Gasteiger partial charge < -0.3 is 8.83 Å². The first-order valence-corrected chi connectivity index (χ1v) is 8.03. The van der Waals surface area contributed by atoms with Crippen molar-refractivity contribution in [1.82, 2.24) is 9.62 Å². The zero-order valence-corrected chi connectivity index (χ0v) is 12.0. The van der Waals surface area contributed by atoms with E-state index in [2.05, 4.69) is 4.72 Å². The van der Waals surface area contributed by atoms with E-state index >= 15 is 0 Å². The Morgan fingerprint density at radius 2 is 1.65 bits per heavy atom. The number of nitrogens with zero attached hydrogens (tertiary/aromatic N) is 2. The predicted molar refractivity (Wildman–Crippen MR) is 73.4 cm³/mol. The van der Waals surface area contributed by atoms with E-state index in [4.69, 9.17) is 8.83 Å². The molecule has 0 spiro atoms. The third-order valence-corrected chi connectivity index (χ3v) is 3.31. The fourth-order valence-electron chi connectivity index (χ4n) is 1.81. The van der Waals surface area contributed by atoms with Gasteiger partial charge in [-0.3, -0.25) is 4.90 Å². The minimum atomic E-state index is -3.29. The average molecular weight is 297 g/mol. The van der Waals surface area contributed by atoms with E-state index in [0.29, 0.717) is 19.6 Å². The van der Waals surface area contributed by atoms with Crippen LogP contribution in [0.4, 0.5) is 0 Å². The van der Waals surface area contributed by atoms with Gasteiger partial charge in [-0.1, -0.05) is 0 Å². The summed E-state index contributed by atoms with van der Waals surface area (Å²) in [5.74, 6) is 1.63. The Labute approximate surface area is 118 Å². The molecule has 2 heterocycles. The molecule has 0 amide bonds.